The molecule has 2 N–H and O–H groups in total. The van der Waals surface area contributed by atoms with E-state index in [0.29, 0.717) is 32.3 Å². The fourth-order valence-corrected chi connectivity index (χ4v) is 2.33. The van der Waals surface area contributed by atoms with Crippen molar-refractivity contribution >= 4 is 0 Å². The van der Waals surface area contributed by atoms with Crippen molar-refractivity contribution in [3.05, 3.63) is 23.8 Å². The molecule has 2 aliphatic heterocycles. The molecular weight excluding hydrogens is 246 g/mol. The Hall–Kier alpha value is -1.30. The second-order valence-corrected chi connectivity index (χ2v) is 5.04. The molecular formula is C14H19NO4. The predicted molar refractivity (Wildman–Crippen MR) is 69.2 cm³/mol. The van der Waals surface area contributed by atoms with Gasteiger partial charge in [0, 0.05) is 11.5 Å². The molecule has 1 fully saturated rings. The summed E-state index contributed by atoms with van der Waals surface area (Å²) in [5, 5.41) is 0. The fourth-order valence-electron chi connectivity index (χ4n) is 2.33. The molecule has 19 heavy (non-hydrogen) atoms. The summed E-state index contributed by atoms with van der Waals surface area (Å²) in [7, 11) is 0. The maximum atomic E-state index is 5.87. The highest BCUT2D eigenvalue weighted by Gasteiger charge is 2.38. The van der Waals surface area contributed by atoms with Crippen molar-refractivity contribution in [1.29, 1.82) is 0 Å². The van der Waals surface area contributed by atoms with E-state index >= 15 is 0 Å². The summed E-state index contributed by atoms with van der Waals surface area (Å²) in [6, 6.07) is 5.71. The maximum absolute atomic E-state index is 5.87. The van der Waals surface area contributed by atoms with Crippen LogP contribution < -0.4 is 15.2 Å². The van der Waals surface area contributed by atoms with Crippen LogP contribution in [0.3, 0.4) is 0 Å². The maximum Gasteiger partial charge on any atom is 0.207 e. The second kappa shape index (κ2) is 5.00. The van der Waals surface area contributed by atoms with E-state index in [1.165, 1.54) is 0 Å². The van der Waals surface area contributed by atoms with Gasteiger partial charge in [-0.1, -0.05) is 6.92 Å². The summed E-state index contributed by atoms with van der Waals surface area (Å²) >= 11 is 0. The Morgan fingerprint density at radius 3 is 2.53 bits per heavy atom. The van der Waals surface area contributed by atoms with Gasteiger partial charge in [0.2, 0.25) is 5.79 Å². The van der Waals surface area contributed by atoms with Gasteiger partial charge in [-0.3, -0.25) is 0 Å². The molecule has 0 saturated carbocycles. The van der Waals surface area contributed by atoms with Crippen molar-refractivity contribution in [3.63, 3.8) is 0 Å². The third-order valence-electron chi connectivity index (χ3n) is 3.45. The third-order valence-corrected chi connectivity index (χ3v) is 3.45. The SMILES string of the molecule is CC1COC(CN)(c2ccc3c(c2)OCCO3)OC1. The average Bonchev–Trinajstić information content (AvgIpc) is 2.48. The van der Waals surface area contributed by atoms with Crippen LogP contribution in [0.1, 0.15) is 12.5 Å². The number of fused-ring (bicyclic) bond motifs is 1. The van der Waals surface area contributed by atoms with E-state index in [-0.39, 0.29) is 6.54 Å². The van der Waals surface area contributed by atoms with Crippen molar-refractivity contribution in [1.82, 2.24) is 0 Å². The number of benzene rings is 1. The van der Waals surface area contributed by atoms with Crippen molar-refractivity contribution in [2.45, 2.75) is 12.7 Å². The van der Waals surface area contributed by atoms with Gasteiger partial charge in [0.05, 0.1) is 19.8 Å². The van der Waals surface area contributed by atoms with Crippen LogP contribution in [0, 0.1) is 5.92 Å². The van der Waals surface area contributed by atoms with Gasteiger partial charge in [0.25, 0.3) is 0 Å². The molecule has 0 bridgehead atoms. The van der Waals surface area contributed by atoms with E-state index < -0.39 is 5.79 Å². The van der Waals surface area contributed by atoms with Gasteiger partial charge in [-0.25, -0.2) is 0 Å². The van der Waals surface area contributed by atoms with Gasteiger partial charge in [-0.2, -0.15) is 0 Å². The van der Waals surface area contributed by atoms with Crippen LogP contribution >= 0.6 is 0 Å². The summed E-state index contributed by atoms with van der Waals surface area (Å²) in [4.78, 5) is 0. The zero-order valence-electron chi connectivity index (χ0n) is 11.1. The first kappa shape index (κ1) is 12.7. The summed E-state index contributed by atoms with van der Waals surface area (Å²) in [6.45, 7) is 4.80. The molecule has 3 rings (SSSR count). The zero-order valence-corrected chi connectivity index (χ0v) is 11.1. The van der Waals surface area contributed by atoms with Crippen molar-refractivity contribution in [2.24, 2.45) is 11.7 Å². The van der Waals surface area contributed by atoms with E-state index in [0.717, 1.165) is 17.1 Å². The Balaban J connectivity index is 1.91. The molecule has 0 spiro atoms. The quantitative estimate of drug-likeness (QED) is 0.872. The van der Waals surface area contributed by atoms with Gasteiger partial charge < -0.3 is 24.7 Å². The first-order valence-corrected chi connectivity index (χ1v) is 6.61. The normalized spacial score (nSPS) is 30.1. The largest absolute Gasteiger partial charge is 0.486 e. The first-order valence-electron chi connectivity index (χ1n) is 6.61. The van der Waals surface area contributed by atoms with Gasteiger partial charge in [-0.05, 0) is 18.2 Å². The van der Waals surface area contributed by atoms with Crippen LogP contribution in [0.4, 0.5) is 0 Å². The molecule has 2 aliphatic rings. The fraction of sp³-hybridized carbons (Fsp3) is 0.571. The Labute approximate surface area is 112 Å². The lowest BCUT2D eigenvalue weighted by atomic mass is 10.0. The summed E-state index contributed by atoms with van der Waals surface area (Å²) < 4.78 is 22.8. The van der Waals surface area contributed by atoms with Crippen molar-refractivity contribution < 1.29 is 18.9 Å². The second-order valence-electron chi connectivity index (χ2n) is 5.04. The zero-order chi connectivity index (χ0) is 13.3. The summed E-state index contributed by atoms with van der Waals surface area (Å²) in [6.07, 6.45) is 0. The molecule has 0 unspecified atom stereocenters. The lowest BCUT2D eigenvalue weighted by Gasteiger charge is -2.39. The molecule has 5 heteroatoms. The molecule has 2 heterocycles. The minimum atomic E-state index is -0.859. The smallest absolute Gasteiger partial charge is 0.207 e. The highest BCUT2D eigenvalue weighted by Crippen LogP contribution is 2.37. The van der Waals surface area contributed by atoms with Gasteiger partial charge in [0.15, 0.2) is 11.5 Å². The molecule has 0 radical (unpaired) electrons. The van der Waals surface area contributed by atoms with Crippen LogP contribution in [0.15, 0.2) is 18.2 Å². The van der Waals surface area contributed by atoms with Gasteiger partial charge in [0.1, 0.15) is 13.2 Å². The number of nitrogens with two attached hydrogens (primary N) is 1. The lowest BCUT2D eigenvalue weighted by molar-refractivity contribution is -0.284. The van der Waals surface area contributed by atoms with E-state index in [4.69, 9.17) is 24.7 Å². The molecule has 5 nitrogen and oxygen atoms in total. The number of hydrogen-bond acceptors (Lipinski definition) is 5. The van der Waals surface area contributed by atoms with Crippen LogP contribution in [0.5, 0.6) is 11.5 Å². The number of ether oxygens (including phenoxy) is 4. The highest BCUT2D eigenvalue weighted by molar-refractivity contribution is 5.45. The molecule has 1 aromatic carbocycles. The number of rotatable bonds is 2. The van der Waals surface area contributed by atoms with Crippen LogP contribution in [0.25, 0.3) is 0 Å². The molecule has 0 aromatic heterocycles. The van der Waals surface area contributed by atoms with E-state index in [9.17, 15) is 0 Å². The molecule has 1 aromatic rings. The van der Waals surface area contributed by atoms with Gasteiger partial charge >= 0.3 is 0 Å². The topological polar surface area (TPSA) is 62.9 Å². The Morgan fingerprint density at radius 2 is 1.84 bits per heavy atom. The van der Waals surface area contributed by atoms with Crippen LogP contribution in [-0.2, 0) is 15.3 Å². The van der Waals surface area contributed by atoms with Crippen molar-refractivity contribution in [3.8, 4) is 11.5 Å². The highest BCUT2D eigenvalue weighted by atomic mass is 16.7. The molecule has 0 amide bonds. The van der Waals surface area contributed by atoms with Crippen LogP contribution in [-0.4, -0.2) is 33.0 Å². The Kier molecular flexibility index (Phi) is 3.35. The minimum absolute atomic E-state index is 0.277. The van der Waals surface area contributed by atoms with E-state index in [1.807, 2.05) is 18.2 Å². The Bertz CT molecular complexity index is 455. The molecule has 0 atom stereocenters. The molecule has 0 aliphatic carbocycles. The monoisotopic (exact) mass is 265 g/mol. The lowest BCUT2D eigenvalue weighted by Crippen LogP contribution is -2.46. The van der Waals surface area contributed by atoms with E-state index in [2.05, 4.69) is 6.92 Å². The third kappa shape index (κ3) is 2.29. The first-order chi connectivity index (χ1) is 9.23. The average molecular weight is 265 g/mol. The summed E-state index contributed by atoms with van der Waals surface area (Å²) in [5.41, 5.74) is 6.75. The molecule has 1 saturated heterocycles. The number of hydrogen-bond donors (Lipinski definition) is 1. The van der Waals surface area contributed by atoms with Crippen LogP contribution in [0.2, 0.25) is 0 Å². The standard InChI is InChI=1S/C14H19NO4/c1-10-7-18-14(9-15,19-8-10)11-2-3-12-13(6-11)17-5-4-16-12/h2-3,6,10H,4-5,7-9,15H2,1H3. The summed E-state index contributed by atoms with van der Waals surface area (Å²) in [5.74, 6) is 1.01. The molecule has 104 valence electrons. The van der Waals surface area contributed by atoms with Crippen molar-refractivity contribution in [2.75, 3.05) is 33.0 Å². The van der Waals surface area contributed by atoms with E-state index in [1.54, 1.807) is 0 Å². The minimum Gasteiger partial charge on any atom is -0.486 e. The predicted octanol–water partition coefficient (Wildman–Crippen LogP) is 1.25. The Morgan fingerprint density at radius 1 is 1.16 bits per heavy atom. The van der Waals surface area contributed by atoms with Gasteiger partial charge in [-0.15, -0.1) is 0 Å².